The third kappa shape index (κ3) is 6.39. The summed E-state index contributed by atoms with van der Waals surface area (Å²) in [4.78, 5) is 11.9. The highest BCUT2D eigenvalue weighted by molar-refractivity contribution is 7.91. The Morgan fingerprint density at radius 2 is 2.00 bits per heavy atom. The molecule has 7 heteroatoms. The van der Waals surface area contributed by atoms with Crippen LogP contribution in [-0.4, -0.2) is 45.1 Å². The van der Waals surface area contributed by atoms with Crippen molar-refractivity contribution in [1.29, 1.82) is 0 Å². The molecule has 0 aliphatic carbocycles. The van der Waals surface area contributed by atoms with E-state index in [-0.39, 0.29) is 30.1 Å². The summed E-state index contributed by atoms with van der Waals surface area (Å²) in [7, 11) is -3.00. The minimum atomic E-state index is -3.00. The van der Waals surface area contributed by atoms with Crippen molar-refractivity contribution in [1.82, 2.24) is 5.32 Å². The molecule has 0 spiro atoms. The Hall–Kier alpha value is -1.76. The zero-order valence-corrected chi connectivity index (χ0v) is 14.8. The standard InChI is InChI=1S/C17H25NO5S/c1-2-3-4-9-22-15-6-5-7-16(11-15)23-12-17(19)18-14-8-10-24(20,21)13-14/h5-7,11,14H,2-4,8-10,12-13H2,1H3,(H,18,19). The van der Waals surface area contributed by atoms with Gasteiger partial charge in [0.1, 0.15) is 11.5 Å². The highest BCUT2D eigenvalue weighted by atomic mass is 32.2. The molecule has 1 fully saturated rings. The number of sulfone groups is 1. The number of carbonyl (C=O) groups excluding carboxylic acids is 1. The van der Waals surface area contributed by atoms with Gasteiger partial charge in [-0.25, -0.2) is 8.42 Å². The van der Waals surface area contributed by atoms with Crippen LogP contribution in [0.5, 0.6) is 11.5 Å². The fourth-order valence-electron chi connectivity index (χ4n) is 2.52. The number of ether oxygens (including phenoxy) is 2. The van der Waals surface area contributed by atoms with Crippen LogP contribution in [-0.2, 0) is 14.6 Å². The van der Waals surface area contributed by atoms with Crippen LogP contribution < -0.4 is 14.8 Å². The summed E-state index contributed by atoms with van der Waals surface area (Å²) in [5, 5.41) is 2.69. The van der Waals surface area contributed by atoms with Crippen LogP contribution in [0.2, 0.25) is 0 Å². The van der Waals surface area contributed by atoms with Gasteiger partial charge in [0.05, 0.1) is 18.1 Å². The third-order valence-corrected chi connectivity index (χ3v) is 5.56. The Balaban J connectivity index is 1.74. The van der Waals surface area contributed by atoms with Gasteiger partial charge in [-0.05, 0) is 25.0 Å². The molecule has 1 heterocycles. The van der Waals surface area contributed by atoms with E-state index < -0.39 is 9.84 Å². The van der Waals surface area contributed by atoms with Crippen molar-refractivity contribution >= 4 is 15.7 Å². The van der Waals surface area contributed by atoms with Gasteiger partial charge in [-0.1, -0.05) is 25.8 Å². The molecule has 6 nitrogen and oxygen atoms in total. The monoisotopic (exact) mass is 355 g/mol. The van der Waals surface area contributed by atoms with Gasteiger partial charge in [0, 0.05) is 12.1 Å². The summed E-state index contributed by atoms with van der Waals surface area (Å²) in [5.74, 6) is 1.10. The Bertz CT molecular complexity index is 644. The molecule has 1 saturated heterocycles. The average molecular weight is 355 g/mol. The number of hydrogen-bond acceptors (Lipinski definition) is 5. The lowest BCUT2D eigenvalue weighted by atomic mass is 10.2. The molecule has 1 aliphatic heterocycles. The Morgan fingerprint density at radius 3 is 2.67 bits per heavy atom. The van der Waals surface area contributed by atoms with Gasteiger partial charge < -0.3 is 14.8 Å². The summed E-state index contributed by atoms with van der Waals surface area (Å²) < 4.78 is 33.8. The number of hydrogen-bond donors (Lipinski definition) is 1. The van der Waals surface area contributed by atoms with Crippen molar-refractivity contribution in [3.8, 4) is 11.5 Å². The van der Waals surface area contributed by atoms with E-state index in [0.717, 1.165) is 19.3 Å². The first-order chi connectivity index (χ1) is 11.5. The van der Waals surface area contributed by atoms with E-state index in [1.807, 2.05) is 12.1 Å². The summed E-state index contributed by atoms with van der Waals surface area (Å²) in [6.07, 6.45) is 3.75. The van der Waals surface area contributed by atoms with E-state index in [2.05, 4.69) is 12.2 Å². The van der Waals surface area contributed by atoms with Gasteiger partial charge in [-0.2, -0.15) is 0 Å². The SMILES string of the molecule is CCCCCOc1cccc(OCC(=O)NC2CCS(=O)(=O)C2)c1. The molecule has 1 aromatic carbocycles. The zero-order chi connectivity index (χ0) is 17.4. The smallest absolute Gasteiger partial charge is 0.258 e. The van der Waals surface area contributed by atoms with E-state index in [1.165, 1.54) is 0 Å². The maximum Gasteiger partial charge on any atom is 0.258 e. The van der Waals surface area contributed by atoms with Crippen LogP contribution in [0.3, 0.4) is 0 Å². The van der Waals surface area contributed by atoms with Crippen LogP contribution in [0.4, 0.5) is 0 Å². The van der Waals surface area contributed by atoms with E-state index in [0.29, 0.717) is 24.5 Å². The van der Waals surface area contributed by atoms with Gasteiger partial charge in [0.2, 0.25) is 0 Å². The van der Waals surface area contributed by atoms with Gasteiger partial charge in [0.15, 0.2) is 16.4 Å². The molecule has 134 valence electrons. The van der Waals surface area contributed by atoms with E-state index in [4.69, 9.17) is 9.47 Å². The molecule has 0 radical (unpaired) electrons. The number of nitrogens with one attached hydrogen (secondary N) is 1. The first-order valence-corrected chi connectivity index (χ1v) is 10.2. The molecule has 1 amide bonds. The van der Waals surface area contributed by atoms with Crippen LogP contribution >= 0.6 is 0 Å². The van der Waals surface area contributed by atoms with Crippen molar-refractivity contribution in [3.05, 3.63) is 24.3 Å². The van der Waals surface area contributed by atoms with Gasteiger partial charge in [-0.15, -0.1) is 0 Å². The summed E-state index contributed by atoms with van der Waals surface area (Å²) in [6, 6.07) is 6.86. The van der Waals surface area contributed by atoms with Crippen LogP contribution in [0.15, 0.2) is 24.3 Å². The number of rotatable bonds is 9. The lowest BCUT2D eigenvalue weighted by Gasteiger charge is -2.12. The maximum atomic E-state index is 11.9. The fourth-order valence-corrected chi connectivity index (χ4v) is 4.20. The van der Waals surface area contributed by atoms with Crippen LogP contribution in [0, 0.1) is 0 Å². The van der Waals surface area contributed by atoms with Gasteiger partial charge in [-0.3, -0.25) is 4.79 Å². The molecule has 1 atom stereocenters. The summed E-state index contributed by atoms with van der Waals surface area (Å²) in [5.41, 5.74) is 0. The fraction of sp³-hybridized carbons (Fsp3) is 0.588. The van der Waals surface area contributed by atoms with E-state index >= 15 is 0 Å². The predicted molar refractivity (Wildman–Crippen MR) is 92.2 cm³/mol. The first kappa shape index (κ1) is 18.6. The largest absolute Gasteiger partial charge is 0.493 e. The van der Waals surface area contributed by atoms with Crippen molar-refractivity contribution in [3.63, 3.8) is 0 Å². The zero-order valence-electron chi connectivity index (χ0n) is 14.0. The minimum absolute atomic E-state index is 0.0137. The molecule has 0 saturated carbocycles. The molecular formula is C17H25NO5S. The number of amides is 1. The van der Waals surface area contributed by atoms with E-state index in [9.17, 15) is 13.2 Å². The van der Waals surface area contributed by atoms with Gasteiger partial charge >= 0.3 is 0 Å². The number of benzene rings is 1. The second-order valence-electron chi connectivity index (χ2n) is 5.99. The minimum Gasteiger partial charge on any atom is -0.493 e. The number of unbranched alkanes of at least 4 members (excludes halogenated alkanes) is 2. The van der Waals surface area contributed by atoms with Gasteiger partial charge in [0.25, 0.3) is 5.91 Å². The maximum absolute atomic E-state index is 11.9. The molecule has 24 heavy (non-hydrogen) atoms. The topological polar surface area (TPSA) is 81.7 Å². The van der Waals surface area contributed by atoms with Crippen molar-refractivity contribution in [2.45, 2.75) is 38.6 Å². The molecule has 1 unspecified atom stereocenters. The van der Waals surface area contributed by atoms with Crippen LogP contribution in [0.1, 0.15) is 32.6 Å². The highest BCUT2D eigenvalue weighted by Gasteiger charge is 2.28. The van der Waals surface area contributed by atoms with Crippen molar-refractivity contribution in [2.75, 3.05) is 24.7 Å². The van der Waals surface area contributed by atoms with Crippen molar-refractivity contribution < 1.29 is 22.7 Å². The Kier molecular flexibility index (Phi) is 6.90. The second kappa shape index (κ2) is 8.92. The molecule has 2 rings (SSSR count). The van der Waals surface area contributed by atoms with Crippen LogP contribution in [0.25, 0.3) is 0 Å². The normalized spacial score (nSPS) is 19.0. The second-order valence-corrected chi connectivity index (χ2v) is 8.22. The average Bonchev–Trinajstić information content (AvgIpc) is 2.89. The summed E-state index contributed by atoms with van der Waals surface area (Å²) in [6.45, 7) is 2.66. The predicted octanol–water partition coefficient (Wildman–Crippen LogP) is 1.94. The highest BCUT2D eigenvalue weighted by Crippen LogP contribution is 2.19. The number of carbonyl (C=O) groups is 1. The lowest BCUT2D eigenvalue weighted by molar-refractivity contribution is -0.123. The molecule has 0 aromatic heterocycles. The third-order valence-electron chi connectivity index (χ3n) is 3.79. The Morgan fingerprint density at radius 1 is 1.25 bits per heavy atom. The van der Waals surface area contributed by atoms with Crippen molar-refractivity contribution in [2.24, 2.45) is 0 Å². The summed E-state index contributed by atoms with van der Waals surface area (Å²) >= 11 is 0. The molecule has 0 bridgehead atoms. The quantitative estimate of drug-likeness (QED) is 0.685. The molecular weight excluding hydrogens is 330 g/mol. The lowest BCUT2D eigenvalue weighted by Crippen LogP contribution is -2.38. The molecule has 1 aliphatic rings. The van der Waals surface area contributed by atoms with E-state index in [1.54, 1.807) is 12.1 Å². The first-order valence-electron chi connectivity index (χ1n) is 8.34. The molecule has 1 N–H and O–H groups in total. The Labute approximate surface area is 143 Å². The molecule has 1 aromatic rings.